The van der Waals surface area contributed by atoms with Crippen LogP contribution in [-0.4, -0.2) is 4.57 Å². The molecule has 0 N–H and O–H groups in total. The lowest BCUT2D eigenvalue weighted by molar-refractivity contribution is 0.796. The van der Waals surface area contributed by atoms with E-state index in [1.165, 1.54) is 5.52 Å². The monoisotopic (exact) mass is 223 g/mol. The summed E-state index contributed by atoms with van der Waals surface area (Å²) in [6.07, 6.45) is 0. The van der Waals surface area contributed by atoms with Gasteiger partial charge in [-0.3, -0.25) is 4.79 Å². The second kappa shape index (κ2) is 3.74. The molecule has 1 aliphatic carbocycles. The number of rotatable bonds is 1. The van der Waals surface area contributed by atoms with Gasteiger partial charge in [0.25, 0.3) is 0 Å². The summed E-state index contributed by atoms with van der Waals surface area (Å²) >= 11 is 0. The van der Waals surface area contributed by atoms with E-state index in [1.54, 1.807) is 6.07 Å². The van der Waals surface area contributed by atoms with Gasteiger partial charge in [-0.1, -0.05) is 24.3 Å². The van der Waals surface area contributed by atoms with Crippen LogP contribution in [-0.2, 0) is 6.54 Å². The van der Waals surface area contributed by atoms with Gasteiger partial charge in [-0.15, -0.1) is 0 Å². The van der Waals surface area contributed by atoms with Crippen LogP contribution in [0.1, 0.15) is 6.92 Å². The van der Waals surface area contributed by atoms with E-state index in [2.05, 4.69) is 17.6 Å². The van der Waals surface area contributed by atoms with Gasteiger partial charge >= 0.3 is 0 Å². The summed E-state index contributed by atoms with van der Waals surface area (Å²) in [5, 5.41) is 1.12. The van der Waals surface area contributed by atoms with Crippen LogP contribution in [0.5, 0.6) is 0 Å². The smallest absolute Gasteiger partial charge is 0.187 e. The van der Waals surface area contributed by atoms with E-state index < -0.39 is 0 Å². The van der Waals surface area contributed by atoms with Gasteiger partial charge in [-0.05, 0) is 36.6 Å². The average molecular weight is 223 g/mol. The average Bonchev–Trinajstić information content (AvgIpc) is 2.37. The summed E-state index contributed by atoms with van der Waals surface area (Å²) in [6, 6.07) is 15.6. The summed E-state index contributed by atoms with van der Waals surface area (Å²) in [5.74, 6) is 0. The van der Waals surface area contributed by atoms with Gasteiger partial charge in [0.2, 0.25) is 0 Å². The highest BCUT2D eigenvalue weighted by molar-refractivity contribution is 5.86. The van der Waals surface area contributed by atoms with E-state index in [9.17, 15) is 4.79 Å². The molecular weight excluding hydrogens is 210 g/mol. The second-order valence-corrected chi connectivity index (χ2v) is 4.14. The number of pyridine rings is 1. The molecule has 84 valence electrons. The maximum atomic E-state index is 11.9. The molecule has 0 fully saturated rings. The Hall–Kier alpha value is -2.09. The Bertz CT molecular complexity index is 712. The fourth-order valence-electron chi connectivity index (χ4n) is 2.39. The van der Waals surface area contributed by atoms with Crippen LogP contribution in [0.3, 0.4) is 0 Å². The number of para-hydroxylation sites is 1. The van der Waals surface area contributed by atoms with Gasteiger partial charge in [-0.25, -0.2) is 0 Å². The number of benzene rings is 2. The Morgan fingerprint density at radius 1 is 1.06 bits per heavy atom. The standard InChI is InChI=1S/C15H13NO/c1-2-16-13-7-4-3-6-11(13)10-12-14(16)8-5-9-15(12)17/h3-10H,2H2,1H3. The number of fused-ring (bicyclic) bond motifs is 2. The minimum atomic E-state index is 0.0930. The Morgan fingerprint density at radius 3 is 2.71 bits per heavy atom. The predicted octanol–water partition coefficient (Wildman–Crippen LogP) is 3.13. The molecule has 1 heterocycles. The molecule has 2 nitrogen and oxygen atoms in total. The van der Waals surface area contributed by atoms with Crippen LogP contribution < -0.4 is 5.43 Å². The Labute approximate surface area is 99.5 Å². The first-order valence-electron chi connectivity index (χ1n) is 5.82. The maximum Gasteiger partial charge on any atom is 0.187 e. The largest absolute Gasteiger partial charge is 0.341 e. The van der Waals surface area contributed by atoms with Crippen LogP contribution in [0, 0.1) is 0 Å². The number of aryl methyl sites for hydroxylation is 1. The molecule has 0 saturated heterocycles. The van der Waals surface area contributed by atoms with Crippen molar-refractivity contribution in [2.75, 3.05) is 0 Å². The Kier molecular flexibility index (Phi) is 2.22. The highest BCUT2D eigenvalue weighted by Gasteiger charge is 2.11. The molecule has 0 bridgehead atoms. The molecule has 0 spiro atoms. The highest BCUT2D eigenvalue weighted by Crippen LogP contribution is 2.25. The number of nitrogens with zero attached hydrogens (tertiary/aromatic N) is 1. The molecule has 0 aromatic heterocycles. The molecule has 0 radical (unpaired) electrons. The molecular formula is C15H13NO. The van der Waals surface area contributed by atoms with Crippen LogP contribution in [0.2, 0.25) is 0 Å². The summed E-state index contributed by atoms with van der Waals surface area (Å²) in [6.45, 7) is 2.96. The van der Waals surface area contributed by atoms with Crippen molar-refractivity contribution >= 4 is 10.9 Å². The molecule has 0 amide bonds. The molecule has 1 aliphatic heterocycles. The number of hydrogen-bond acceptors (Lipinski definition) is 1. The van der Waals surface area contributed by atoms with Crippen molar-refractivity contribution in [2.45, 2.75) is 13.5 Å². The second-order valence-electron chi connectivity index (χ2n) is 4.14. The quantitative estimate of drug-likeness (QED) is 0.581. The third-order valence-electron chi connectivity index (χ3n) is 3.18. The maximum absolute atomic E-state index is 11.9. The van der Waals surface area contributed by atoms with E-state index in [-0.39, 0.29) is 5.43 Å². The molecule has 17 heavy (non-hydrogen) atoms. The topological polar surface area (TPSA) is 22.0 Å². The molecule has 0 unspecified atom stereocenters. The van der Waals surface area contributed by atoms with Crippen molar-refractivity contribution in [3.8, 4) is 11.3 Å². The molecule has 2 aliphatic rings. The molecule has 1 aromatic carbocycles. The SMILES string of the molecule is CCn1c2cccc(=O)c-2cc2ccccc21. The van der Waals surface area contributed by atoms with Gasteiger partial charge in [0, 0.05) is 17.6 Å². The molecule has 2 heteroatoms. The molecule has 0 atom stereocenters. The van der Waals surface area contributed by atoms with Gasteiger partial charge in [0.05, 0.1) is 5.69 Å². The highest BCUT2D eigenvalue weighted by atomic mass is 16.1. The lowest BCUT2D eigenvalue weighted by atomic mass is 10.0. The summed E-state index contributed by atoms with van der Waals surface area (Å²) in [5.41, 5.74) is 3.08. The van der Waals surface area contributed by atoms with E-state index in [0.717, 1.165) is 23.2 Å². The van der Waals surface area contributed by atoms with Gasteiger partial charge in [0.1, 0.15) is 0 Å². The lowest BCUT2D eigenvalue weighted by Gasteiger charge is -2.17. The normalized spacial score (nSPS) is 11.1. The van der Waals surface area contributed by atoms with Crippen LogP contribution in [0.25, 0.3) is 22.2 Å². The predicted molar refractivity (Wildman–Crippen MR) is 70.5 cm³/mol. The Morgan fingerprint density at radius 2 is 1.88 bits per heavy atom. The van der Waals surface area contributed by atoms with Crippen molar-refractivity contribution in [1.29, 1.82) is 0 Å². The zero-order valence-corrected chi connectivity index (χ0v) is 9.68. The van der Waals surface area contributed by atoms with E-state index in [0.29, 0.717) is 0 Å². The fourth-order valence-corrected chi connectivity index (χ4v) is 2.39. The molecule has 3 rings (SSSR count). The van der Waals surface area contributed by atoms with Gasteiger partial charge in [-0.2, -0.15) is 0 Å². The lowest BCUT2D eigenvalue weighted by Crippen LogP contribution is -2.11. The number of aromatic nitrogens is 1. The van der Waals surface area contributed by atoms with Crippen LogP contribution in [0.15, 0.2) is 53.3 Å². The van der Waals surface area contributed by atoms with Crippen molar-refractivity contribution in [3.63, 3.8) is 0 Å². The first-order chi connectivity index (χ1) is 8.31. The van der Waals surface area contributed by atoms with Gasteiger partial charge < -0.3 is 4.57 Å². The number of hydrogen-bond donors (Lipinski definition) is 0. The first kappa shape index (κ1) is 10.1. The van der Waals surface area contributed by atoms with Crippen molar-refractivity contribution in [2.24, 2.45) is 0 Å². The minimum Gasteiger partial charge on any atom is -0.341 e. The van der Waals surface area contributed by atoms with Crippen LogP contribution >= 0.6 is 0 Å². The minimum absolute atomic E-state index is 0.0930. The van der Waals surface area contributed by atoms with E-state index in [4.69, 9.17) is 0 Å². The third-order valence-corrected chi connectivity index (χ3v) is 3.18. The van der Waals surface area contributed by atoms with E-state index in [1.807, 2.05) is 36.4 Å². The van der Waals surface area contributed by atoms with Crippen molar-refractivity contribution in [1.82, 2.24) is 4.57 Å². The first-order valence-corrected chi connectivity index (χ1v) is 5.82. The summed E-state index contributed by atoms with van der Waals surface area (Å²) in [7, 11) is 0. The summed E-state index contributed by atoms with van der Waals surface area (Å²) < 4.78 is 2.19. The van der Waals surface area contributed by atoms with Crippen molar-refractivity contribution in [3.05, 3.63) is 58.8 Å². The summed E-state index contributed by atoms with van der Waals surface area (Å²) in [4.78, 5) is 11.9. The van der Waals surface area contributed by atoms with Crippen LogP contribution in [0.4, 0.5) is 0 Å². The fraction of sp³-hybridized carbons (Fsp3) is 0.133. The van der Waals surface area contributed by atoms with Crippen molar-refractivity contribution < 1.29 is 0 Å². The molecule has 0 saturated carbocycles. The van der Waals surface area contributed by atoms with Gasteiger partial charge in [0.15, 0.2) is 5.43 Å². The zero-order chi connectivity index (χ0) is 11.8. The zero-order valence-electron chi connectivity index (χ0n) is 9.68. The molecule has 1 aromatic rings. The Balaban J connectivity index is 2.58. The van der Waals surface area contributed by atoms with E-state index >= 15 is 0 Å². The third kappa shape index (κ3) is 1.45.